The van der Waals surface area contributed by atoms with Crippen LogP contribution in [0.25, 0.3) is 0 Å². The molecule has 1 rings (SSSR count). The highest BCUT2D eigenvalue weighted by molar-refractivity contribution is 7.99. The van der Waals surface area contributed by atoms with Crippen molar-refractivity contribution < 1.29 is 22.7 Å². The van der Waals surface area contributed by atoms with Crippen molar-refractivity contribution in [3.05, 3.63) is 30.1 Å². The van der Waals surface area contributed by atoms with Crippen LogP contribution in [0.15, 0.2) is 29.2 Å². The fourth-order valence-corrected chi connectivity index (χ4v) is 2.40. The number of hydrogen-bond acceptors (Lipinski definition) is 3. The van der Waals surface area contributed by atoms with Crippen LogP contribution in [-0.2, 0) is 0 Å². The van der Waals surface area contributed by atoms with Crippen LogP contribution in [0.3, 0.4) is 0 Å². The summed E-state index contributed by atoms with van der Waals surface area (Å²) in [4.78, 5) is 1.95. The zero-order chi connectivity index (χ0) is 14.3. The first-order valence-electron chi connectivity index (χ1n) is 5.69. The second-order valence-electron chi connectivity index (χ2n) is 3.92. The number of thioether (sulfide) groups is 1. The lowest BCUT2D eigenvalue weighted by Gasteiger charge is -2.22. The van der Waals surface area contributed by atoms with Gasteiger partial charge in [-0.15, -0.1) is 11.8 Å². The van der Waals surface area contributed by atoms with Crippen LogP contribution in [-0.4, -0.2) is 48.2 Å². The first kappa shape index (κ1) is 16.3. The van der Waals surface area contributed by atoms with Gasteiger partial charge in [-0.25, -0.2) is 4.39 Å². The number of aliphatic hydroxyl groups excluding tert-OH is 1. The van der Waals surface area contributed by atoms with E-state index in [2.05, 4.69) is 0 Å². The van der Waals surface area contributed by atoms with Gasteiger partial charge in [-0.2, -0.15) is 13.2 Å². The van der Waals surface area contributed by atoms with E-state index >= 15 is 0 Å². The minimum atomic E-state index is -4.27. The molecule has 7 heteroatoms. The number of nitrogens with zero attached hydrogens (tertiary/aromatic N) is 1. The average molecular weight is 297 g/mol. The molecule has 1 N–H and O–H groups in total. The van der Waals surface area contributed by atoms with Gasteiger partial charge in [0.1, 0.15) is 5.82 Å². The lowest BCUT2D eigenvalue weighted by Crippen LogP contribution is -2.37. The number of alkyl halides is 3. The molecule has 0 bridgehead atoms. The fourth-order valence-electron chi connectivity index (χ4n) is 1.49. The highest BCUT2D eigenvalue weighted by Crippen LogP contribution is 2.20. The van der Waals surface area contributed by atoms with Gasteiger partial charge in [0, 0.05) is 23.7 Å². The third-order valence-corrected chi connectivity index (χ3v) is 3.30. The van der Waals surface area contributed by atoms with Crippen LogP contribution in [0.2, 0.25) is 0 Å². The predicted octanol–water partition coefficient (Wildman–Crippen LogP) is 2.77. The number of halogens is 4. The lowest BCUT2D eigenvalue weighted by atomic mass is 10.4. The van der Waals surface area contributed by atoms with Gasteiger partial charge in [0.2, 0.25) is 0 Å². The minimum Gasteiger partial charge on any atom is -0.395 e. The van der Waals surface area contributed by atoms with E-state index in [-0.39, 0.29) is 25.5 Å². The van der Waals surface area contributed by atoms with Crippen molar-refractivity contribution in [2.75, 3.05) is 32.0 Å². The second kappa shape index (κ2) is 7.72. The van der Waals surface area contributed by atoms with Gasteiger partial charge in [-0.05, 0) is 24.3 Å². The first-order valence-corrected chi connectivity index (χ1v) is 6.67. The molecule has 0 aliphatic rings. The van der Waals surface area contributed by atoms with E-state index in [1.807, 2.05) is 0 Å². The summed E-state index contributed by atoms with van der Waals surface area (Å²) in [5.74, 6) is 0.102. The fraction of sp³-hybridized carbons (Fsp3) is 0.500. The molecule has 108 valence electrons. The third kappa shape index (κ3) is 7.39. The van der Waals surface area contributed by atoms with Crippen LogP contribution in [0.5, 0.6) is 0 Å². The van der Waals surface area contributed by atoms with Gasteiger partial charge >= 0.3 is 6.18 Å². The molecular formula is C12H15F4NOS. The molecule has 2 nitrogen and oxygen atoms in total. The molecule has 0 aliphatic carbocycles. The van der Waals surface area contributed by atoms with Crippen molar-refractivity contribution in [2.24, 2.45) is 0 Å². The zero-order valence-electron chi connectivity index (χ0n) is 10.2. The van der Waals surface area contributed by atoms with Crippen molar-refractivity contribution in [2.45, 2.75) is 11.1 Å². The summed E-state index contributed by atoms with van der Waals surface area (Å²) in [6.07, 6.45) is -4.27. The third-order valence-electron chi connectivity index (χ3n) is 2.31. The number of benzene rings is 1. The van der Waals surface area contributed by atoms with E-state index < -0.39 is 12.7 Å². The van der Waals surface area contributed by atoms with Gasteiger partial charge in [-0.3, -0.25) is 4.90 Å². The van der Waals surface area contributed by atoms with Crippen LogP contribution in [0.4, 0.5) is 17.6 Å². The van der Waals surface area contributed by atoms with E-state index in [4.69, 9.17) is 5.11 Å². The number of hydrogen-bond donors (Lipinski definition) is 1. The van der Waals surface area contributed by atoms with E-state index in [1.165, 1.54) is 23.9 Å². The van der Waals surface area contributed by atoms with E-state index in [0.717, 1.165) is 9.80 Å². The van der Waals surface area contributed by atoms with Gasteiger partial charge in [0.05, 0.1) is 13.2 Å². The van der Waals surface area contributed by atoms with E-state index in [9.17, 15) is 17.6 Å². The minimum absolute atomic E-state index is 0.0104. The van der Waals surface area contributed by atoms with Gasteiger partial charge in [0.25, 0.3) is 0 Å². The van der Waals surface area contributed by atoms with Crippen molar-refractivity contribution in [3.8, 4) is 0 Å². The highest BCUT2D eigenvalue weighted by atomic mass is 32.2. The van der Waals surface area contributed by atoms with Crippen LogP contribution >= 0.6 is 11.8 Å². The van der Waals surface area contributed by atoms with Crippen LogP contribution in [0, 0.1) is 5.82 Å². The Morgan fingerprint density at radius 3 is 2.26 bits per heavy atom. The molecular weight excluding hydrogens is 282 g/mol. The normalized spacial score (nSPS) is 12.1. The Labute approximate surface area is 113 Å². The van der Waals surface area contributed by atoms with Gasteiger partial charge < -0.3 is 5.11 Å². The van der Waals surface area contributed by atoms with Gasteiger partial charge in [0.15, 0.2) is 0 Å². The Kier molecular flexibility index (Phi) is 6.60. The largest absolute Gasteiger partial charge is 0.401 e. The molecule has 19 heavy (non-hydrogen) atoms. The lowest BCUT2D eigenvalue weighted by molar-refractivity contribution is -0.146. The summed E-state index contributed by atoms with van der Waals surface area (Å²) in [5, 5.41) is 8.72. The van der Waals surface area contributed by atoms with Crippen molar-refractivity contribution in [1.82, 2.24) is 4.90 Å². The molecule has 0 aliphatic heterocycles. The van der Waals surface area contributed by atoms with Crippen molar-refractivity contribution in [1.29, 1.82) is 0 Å². The summed E-state index contributed by atoms with van der Waals surface area (Å²) >= 11 is 1.35. The number of aliphatic hydroxyl groups is 1. The monoisotopic (exact) mass is 297 g/mol. The van der Waals surface area contributed by atoms with Crippen LogP contribution < -0.4 is 0 Å². The first-order chi connectivity index (χ1) is 8.90. The molecule has 0 aromatic heterocycles. The molecule has 0 saturated heterocycles. The standard InChI is InChI=1S/C12H15F4NOS/c13-10-1-3-11(4-2-10)19-8-6-17(5-7-18)9-12(14,15)16/h1-4,18H,5-9H2. The molecule has 0 unspecified atom stereocenters. The Morgan fingerprint density at radius 1 is 1.11 bits per heavy atom. The average Bonchev–Trinajstić information content (AvgIpc) is 2.30. The Bertz CT molecular complexity index is 369. The molecule has 0 radical (unpaired) electrons. The smallest absolute Gasteiger partial charge is 0.395 e. The summed E-state index contributed by atoms with van der Waals surface area (Å²) in [6.45, 7) is -1.14. The summed E-state index contributed by atoms with van der Waals surface area (Å²) in [7, 11) is 0. The Balaban J connectivity index is 2.37. The Hall–Kier alpha value is -0.790. The van der Waals surface area contributed by atoms with Crippen molar-refractivity contribution >= 4 is 11.8 Å². The molecule has 0 amide bonds. The van der Waals surface area contributed by atoms with Crippen molar-refractivity contribution in [3.63, 3.8) is 0 Å². The molecule has 0 fully saturated rings. The SMILES string of the molecule is OCCN(CCSc1ccc(F)cc1)CC(F)(F)F. The molecule has 0 heterocycles. The van der Waals surface area contributed by atoms with Gasteiger partial charge in [-0.1, -0.05) is 0 Å². The summed E-state index contributed by atoms with van der Waals surface area (Å²) < 4.78 is 49.4. The molecule has 0 atom stereocenters. The molecule has 0 spiro atoms. The van der Waals surface area contributed by atoms with E-state index in [0.29, 0.717) is 5.75 Å². The highest BCUT2D eigenvalue weighted by Gasteiger charge is 2.30. The topological polar surface area (TPSA) is 23.5 Å². The molecule has 1 aromatic rings. The van der Waals surface area contributed by atoms with Crippen LogP contribution in [0.1, 0.15) is 0 Å². The zero-order valence-corrected chi connectivity index (χ0v) is 11.0. The predicted molar refractivity (Wildman–Crippen MR) is 66.7 cm³/mol. The van der Waals surface area contributed by atoms with E-state index in [1.54, 1.807) is 12.1 Å². The summed E-state index contributed by atoms with van der Waals surface area (Å²) in [6, 6.07) is 5.79. The molecule has 0 saturated carbocycles. The second-order valence-corrected chi connectivity index (χ2v) is 5.09. The molecule has 1 aromatic carbocycles. The summed E-state index contributed by atoms with van der Waals surface area (Å²) in [5.41, 5.74) is 0. The number of rotatable bonds is 7. The Morgan fingerprint density at radius 2 is 1.74 bits per heavy atom. The maximum atomic E-state index is 12.7. The quantitative estimate of drug-likeness (QED) is 0.618. The maximum absolute atomic E-state index is 12.7. The maximum Gasteiger partial charge on any atom is 0.401 e.